The Kier molecular flexibility index (Phi) is 5.78. The highest BCUT2D eigenvalue weighted by molar-refractivity contribution is 5.95. The van der Waals surface area contributed by atoms with Crippen molar-refractivity contribution in [1.82, 2.24) is 15.3 Å². The van der Waals surface area contributed by atoms with Gasteiger partial charge in [-0.15, -0.1) is 0 Å². The third-order valence-corrected chi connectivity index (χ3v) is 4.28. The second kappa shape index (κ2) is 8.24. The number of anilines is 2. The van der Waals surface area contributed by atoms with Crippen LogP contribution >= 0.6 is 0 Å². The van der Waals surface area contributed by atoms with Crippen molar-refractivity contribution in [1.29, 1.82) is 0 Å². The third-order valence-electron chi connectivity index (χ3n) is 4.28. The Hall–Kier alpha value is -2.84. The molecule has 0 atom stereocenters. The lowest BCUT2D eigenvalue weighted by Crippen LogP contribution is -2.30. The van der Waals surface area contributed by atoms with Gasteiger partial charge in [0.1, 0.15) is 18.0 Å². The van der Waals surface area contributed by atoms with Crippen molar-refractivity contribution in [2.45, 2.75) is 19.0 Å². The summed E-state index contributed by atoms with van der Waals surface area (Å²) in [5.74, 6) is 0.690. The van der Waals surface area contributed by atoms with Gasteiger partial charge in [-0.2, -0.15) is 13.2 Å². The van der Waals surface area contributed by atoms with Crippen molar-refractivity contribution in [2.75, 3.05) is 36.4 Å². The largest absolute Gasteiger partial charge is 0.417 e. The van der Waals surface area contributed by atoms with Crippen LogP contribution in [0.5, 0.6) is 0 Å². The van der Waals surface area contributed by atoms with Gasteiger partial charge in [0.05, 0.1) is 11.1 Å². The van der Waals surface area contributed by atoms with Gasteiger partial charge < -0.3 is 15.5 Å². The van der Waals surface area contributed by atoms with Crippen molar-refractivity contribution in [3.8, 4) is 0 Å². The lowest BCUT2D eigenvalue weighted by Gasteiger charge is -2.16. The first-order valence-corrected chi connectivity index (χ1v) is 8.70. The number of hydrogen-bond acceptors (Lipinski definition) is 5. The van der Waals surface area contributed by atoms with Gasteiger partial charge in [0.25, 0.3) is 5.91 Å². The van der Waals surface area contributed by atoms with Crippen LogP contribution < -0.4 is 15.5 Å². The fourth-order valence-corrected chi connectivity index (χ4v) is 2.95. The average molecular weight is 379 g/mol. The molecule has 0 saturated carbocycles. The van der Waals surface area contributed by atoms with Crippen LogP contribution in [0.1, 0.15) is 28.8 Å². The number of carbonyl (C=O) groups is 1. The molecular formula is C18H20F3N5O. The van der Waals surface area contributed by atoms with Crippen LogP contribution in [0.15, 0.2) is 36.7 Å². The summed E-state index contributed by atoms with van der Waals surface area (Å²) in [6.45, 7) is 2.42. The Bertz CT molecular complexity index is 791. The highest BCUT2D eigenvalue weighted by Crippen LogP contribution is 2.31. The maximum atomic E-state index is 13.0. The van der Waals surface area contributed by atoms with E-state index in [2.05, 4.69) is 25.5 Å². The summed E-state index contributed by atoms with van der Waals surface area (Å²) in [4.78, 5) is 22.6. The minimum atomic E-state index is -4.57. The van der Waals surface area contributed by atoms with Crippen LogP contribution in [0.4, 0.5) is 24.8 Å². The summed E-state index contributed by atoms with van der Waals surface area (Å²) in [5, 5.41) is 5.54. The third kappa shape index (κ3) is 4.87. The van der Waals surface area contributed by atoms with Crippen LogP contribution in [-0.4, -0.2) is 42.1 Å². The molecule has 0 unspecified atom stereocenters. The Morgan fingerprint density at radius 3 is 2.59 bits per heavy atom. The molecule has 9 heteroatoms. The van der Waals surface area contributed by atoms with E-state index in [1.807, 2.05) is 6.07 Å². The van der Waals surface area contributed by atoms with Gasteiger partial charge in [-0.3, -0.25) is 4.79 Å². The van der Waals surface area contributed by atoms with E-state index >= 15 is 0 Å². The maximum Gasteiger partial charge on any atom is 0.417 e. The molecule has 1 amide bonds. The molecule has 2 heterocycles. The molecule has 0 spiro atoms. The van der Waals surface area contributed by atoms with Crippen molar-refractivity contribution >= 4 is 17.5 Å². The lowest BCUT2D eigenvalue weighted by atomic mass is 10.1. The predicted octanol–water partition coefficient (Wildman–Crippen LogP) is 2.94. The summed E-state index contributed by atoms with van der Waals surface area (Å²) in [6, 6.07) is 6.55. The number of carbonyl (C=O) groups excluding carboxylic acids is 1. The van der Waals surface area contributed by atoms with Crippen molar-refractivity contribution in [3.05, 3.63) is 47.8 Å². The summed E-state index contributed by atoms with van der Waals surface area (Å²) in [6.07, 6.45) is -0.830. The highest BCUT2D eigenvalue weighted by atomic mass is 19.4. The van der Waals surface area contributed by atoms with E-state index in [9.17, 15) is 18.0 Å². The normalized spacial score (nSPS) is 14.3. The number of alkyl halides is 3. The zero-order valence-corrected chi connectivity index (χ0v) is 14.6. The molecule has 27 heavy (non-hydrogen) atoms. The van der Waals surface area contributed by atoms with E-state index < -0.39 is 17.6 Å². The lowest BCUT2D eigenvalue weighted by molar-refractivity contribution is -0.137. The topological polar surface area (TPSA) is 70.2 Å². The van der Waals surface area contributed by atoms with Crippen LogP contribution in [0, 0.1) is 0 Å². The second-order valence-corrected chi connectivity index (χ2v) is 6.18. The monoisotopic (exact) mass is 379 g/mol. The summed E-state index contributed by atoms with van der Waals surface area (Å²) in [7, 11) is 0. The maximum absolute atomic E-state index is 13.0. The van der Waals surface area contributed by atoms with Crippen LogP contribution in [-0.2, 0) is 6.18 Å². The van der Waals surface area contributed by atoms with E-state index in [1.54, 1.807) is 0 Å². The number of halogens is 3. The smallest absolute Gasteiger partial charge is 0.368 e. The standard InChI is InChI=1S/C18H20F3N5O/c19-18(20,21)14-6-2-1-5-13(14)17(27)23-8-7-22-15-11-16(25-12-24-15)26-9-3-4-10-26/h1-2,5-6,11-12H,3-4,7-10H2,(H,23,27)(H,22,24,25). The first kappa shape index (κ1) is 18.9. The molecule has 3 rings (SSSR count). The number of nitrogens with one attached hydrogen (secondary N) is 2. The minimum absolute atomic E-state index is 0.161. The van der Waals surface area contributed by atoms with Gasteiger partial charge in [-0.1, -0.05) is 12.1 Å². The molecule has 1 aromatic heterocycles. The van der Waals surface area contributed by atoms with Crippen LogP contribution in [0.2, 0.25) is 0 Å². The molecular weight excluding hydrogens is 359 g/mol. The number of aromatic nitrogens is 2. The average Bonchev–Trinajstić information content (AvgIpc) is 3.19. The molecule has 1 aliphatic heterocycles. The number of nitrogens with zero attached hydrogens (tertiary/aromatic N) is 3. The molecule has 1 aliphatic rings. The zero-order chi connectivity index (χ0) is 19.3. The van der Waals surface area contributed by atoms with E-state index in [0.717, 1.165) is 37.8 Å². The van der Waals surface area contributed by atoms with Gasteiger partial charge in [0.15, 0.2) is 0 Å². The number of rotatable bonds is 6. The van der Waals surface area contributed by atoms with E-state index in [-0.39, 0.29) is 12.1 Å². The molecule has 0 aliphatic carbocycles. The summed E-state index contributed by atoms with van der Waals surface area (Å²) in [5.41, 5.74) is -1.33. The van der Waals surface area contributed by atoms with Crippen molar-refractivity contribution < 1.29 is 18.0 Å². The van der Waals surface area contributed by atoms with Gasteiger partial charge in [-0.25, -0.2) is 9.97 Å². The number of hydrogen-bond donors (Lipinski definition) is 2. The van der Waals surface area contributed by atoms with Crippen molar-refractivity contribution in [2.24, 2.45) is 0 Å². The second-order valence-electron chi connectivity index (χ2n) is 6.18. The van der Waals surface area contributed by atoms with E-state index in [0.29, 0.717) is 12.4 Å². The molecule has 1 saturated heterocycles. The molecule has 2 N–H and O–H groups in total. The molecule has 1 fully saturated rings. The number of benzene rings is 1. The van der Waals surface area contributed by atoms with E-state index in [1.165, 1.54) is 24.5 Å². The Morgan fingerprint density at radius 2 is 1.85 bits per heavy atom. The summed E-state index contributed by atoms with van der Waals surface area (Å²) < 4.78 is 38.9. The SMILES string of the molecule is O=C(NCCNc1cc(N2CCCC2)ncn1)c1ccccc1C(F)(F)F. The zero-order valence-electron chi connectivity index (χ0n) is 14.6. The molecule has 2 aromatic rings. The Morgan fingerprint density at radius 1 is 1.11 bits per heavy atom. The van der Waals surface area contributed by atoms with Crippen LogP contribution in [0.3, 0.4) is 0 Å². The molecule has 0 radical (unpaired) electrons. The quantitative estimate of drug-likeness (QED) is 0.756. The predicted molar refractivity (Wildman–Crippen MR) is 95.7 cm³/mol. The fraction of sp³-hybridized carbons (Fsp3) is 0.389. The highest BCUT2D eigenvalue weighted by Gasteiger charge is 2.34. The van der Waals surface area contributed by atoms with Crippen molar-refractivity contribution in [3.63, 3.8) is 0 Å². The van der Waals surface area contributed by atoms with E-state index in [4.69, 9.17) is 0 Å². The minimum Gasteiger partial charge on any atom is -0.368 e. The first-order chi connectivity index (χ1) is 12.9. The van der Waals surface area contributed by atoms with Gasteiger partial charge in [-0.05, 0) is 25.0 Å². The first-order valence-electron chi connectivity index (χ1n) is 8.70. The van der Waals surface area contributed by atoms with Crippen LogP contribution in [0.25, 0.3) is 0 Å². The molecule has 0 bridgehead atoms. The van der Waals surface area contributed by atoms with Gasteiger partial charge in [0.2, 0.25) is 0 Å². The molecule has 6 nitrogen and oxygen atoms in total. The van der Waals surface area contributed by atoms with Gasteiger partial charge in [0, 0.05) is 32.2 Å². The molecule has 1 aromatic carbocycles. The fourth-order valence-electron chi connectivity index (χ4n) is 2.95. The Balaban J connectivity index is 1.52. The van der Waals surface area contributed by atoms with Gasteiger partial charge >= 0.3 is 6.18 Å². The summed E-state index contributed by atoms with van der Waals surface area (Å²) >= 11 is 0. The molecule has 144 valence electrons. The Labute approximate surface area is 154 Å². The number of amides is 1.